The van der Waals surface area contributed by atoms with Crippen LogP contribution in [0.5, 0.6) is 0 Å². The third-order valence-corrected chi connectivity index (χ3v) is 5.85. The molecular weight excluding hydrogens is 451 g/mol. The van der Waals surface area contributed by atoms with Gasteiger partial charge in [-0.1, -0.05) is 71.4 Å². The molecule has 0 atom stereocenters. The van der Waals surface area contributed by atoms with Gasteiger partial charge < -0.3 is 5.32 Å². The van der Waals surface area contributed by atoms with Crippen LogP contribution in [0.3, 0.4) is 0 Å². The molecule has 0 spiro atoms. The summed E-state index contributed by atoms with van der Waals surface area (Å²) in [5.74, 6) is 0.817. The van der Waals surface area contributed by atoms with Crippen LogP contribution in [0, 0.1) is 0 Å². The number of anilines is 1. The van der Waals surface area contributed by atoms with Crippen LogP contribution in [-0.2, 0) is 11.2 Å². The van der Waals surface area contributed by atoms with Gasteiger partial charge in [0.1, 0.15) is 5.82 Å². The van der Waals surface area contributed by atoms with Crippen molar-refractivity contribution >= 4 is 46.6 Å². The minimum Gasteiger partial charge on any atom is -0.325 e. The molecule has 1 N–H and O–H groups in total. The Morgan fingerprint density at radius 1 is 0.903 bits per heavy atom. The van der Waals surface area contributed by atoms with Gasteiger partial charge in [0.05, 0.1) is 5.75 Å². The van der Waals surface area contributed by atoms with Crippen molar-refractivity contribution in [2.45, 2.75) is 11.6 Å². The molecule has 0 saturated heterocycles. The molecule has 5 nitrogen and oxygen atoms in total. The van der Waals surface area contributed by atoms with Gasteiger partial charge in [0.15, 0.2) is 5.16 Å². The maximum atomic E-state index is 12.4. The molecule has 1 aromatic heterocycles. The van der Waals surface area contributed by atoms with Crippen LogP contribution in [0.4, 0.5) is 5.69 Å². The molecule has 0 unspecified atom stereocenters. The number of hydrogen-bond donors (Lipinski definition) is 1. The zero-order valence-electron chi connectivity index (χ0n) is 16.3. The van der Waals surface area contributed by atoms with E-state index in [0.29, 0.717) is 27.3 Å². The number of aromatic nitrogens is 3. The Morgan fingerprint density at radius 2 is 1.68 bits per heavy atom. The molecule has 0 aliphatic heterocycles. The van der Waals surface area contributed by atoms with Gasteiger partial charge >= 0.3 is 0 Å². The van der Waals surface area contributed by atoms with E-state index in [1.807, 2.05) is 59.2 Å². The summed E-state index contributed by atoms with van der Waals surface area (Å²) in [5.41, 5.74) is 2.67. The second-order valence-electron chi connectivity index (χ2n) is 6.72. The zero-order chi connectivity index (χ0) is 21.6. The molecule has 0 saturated carbocycles. The third-order valence-electron chi connectivity index (χ3n) is 4.43. The fraction of sp³-hybridized carbons (Fsp3) is 0.0870. The Kier molecular flexibility index (Phi) is 6.92. The summed E-state index contributed by atoms with van der Waals surface area (Å²) in [6.07, 6.45) is 0.617. The Hall–Kier alpha value is -2.80. The molecule has 3 aromatic carbocycles. The number of thioether (sulfide) groups is 1. The number of benzene rings is 3. The van der Waals surface area contributed by atoms with Crippen molar-refractivity contribution < 1.29 is 4.79 Å². The van der Waals surface area contributed by atoms with Gasteiger partial charge in [0.25, 0.3) is 0 Å². The number of carbonyl (C=O) groups excluding carboxylic acids is 1. The van der Waals surface area contributed by atoms with Crippen molar-refractivity contribution in [3.05, 3.63) is 100 Å². The number of halogens is 2. The minimum atomic E-state index is -0.150. The second kappa shape index (κ2) is 10.0. The van der Waals surface area contributed by atoms with Gasteiger partial charge in [-0.05, 0) is 48.0 Å². The van der Waals surface area contributed by atoms with Crippen LogP contribution in [0.15, 0.2) is 84.0 Å². The first-order valence-electron chi connectivity index (χ1n) is 9.51. The lowest BCUT2D eigenvalue weighted by Gasteiger charge is -2.11. The van der Waals surface area contributed by atoms with Gasteiger partial charge in [-0.25, -0.2) is 0 Å². The quantitative estimate of drug-likeness (QED) is 0.343. The van der Waals surface area contributed by atoms with Crippen LogP contribution in [-0.4, -0.2) is 26.4 Å². The van der Waals surface area contributed by atoms with Gasteiger partial charge in [0, 0.05) is 27.8 Å². The molecule has 0 radical (unpaired) electrons. The number of amides is 1. The maximum Gasteiger partial charge on any atom is 0.234 e. The van der Waals surface area contributed by atoms with Crippen molar-refractivity contribution in [2.75, 3.05) is 11.1 Å². The van der Waals surface area contributed by atoms with E-state index in [4.69, 9.17) is 23.2 Å². The fourth-order valence-electron chi connectivity index (χ4n) is 3.03. The van der Waals surface area contributed by atoms with Crippen LogP contribution in [0.2, 0.25) is 10.0 Å². The number of rotatable bonds is 7. The molecule has 8 heteroatoms. The summed E-state index contributed by atoms with van der Waals surface area (Å²) in [5, 5.41) is 13.4. The van der Waals surface area contributed by atoms with E-state index in [9.17, 15) is 4.79 Å². The monoisotopic (exact) mass is 468 g/mol. The SMILES string of the molecule is O=C(CSc1nnc(Cc2ccccc2)n1-c1ccc(Cl)cc1)Nc1cccc(Cl)c1. The second-order valence-corrected chi connectivity index (χ2v) is 8.54. The predicted octanol–water partition coefficient (Wildman–Crippen LogP) is 5.90. The number of nitrogens with zero attached hydrogens (tertiary/aromatic N) is 3. The Morgan fingerprint density at radius 3 is 2.42 bits per heavy atom. The minimum absolute atomic E-state index is 0.150. The van der Waals surface area contributed by atoms with Crippen molar-refractivity contribution in [2.24, 2.45) is 0 Å². The molecule has 4 aromatic rings. The average molecular weight is 469 g/mol. The topological polar surface area (TPSA) is 59.8 Å². The van der Waals surface area contributed by atoms with E-state index in [-0.39, 0.29) is 11.7 Å². The number of nitrogens with one attached hydrogen (secondary N) is 1. The third kappa shape index (κ3) is 5.67. The molecule has 0 aliphatic rings. The summed E-state index contributed by atoms with van der Waals surface area (Å²) in [7, 11) is 0. The first-order valence-corrected chi connectivity index (χ1v) is 11.2. The smallest absolute Gasteiger partial charge is 0.234 e. The normalized spacial score (nSPS) is 10.8. The molecule has 0 aliphatic carbocycles. The van der Waals surface area contributed by atoms with Gasteiger partial charge in [0.2, 0.25) is 5.91 Å². The first-order chi connectivity index (χ1) is 15.1. The molecule has 156 valence electrons. The molecule has 0 fully saturated rings. The summed E-state index contributed by atoms with van der Waals surface area (Å²) in [6.45, 7) is 0. The van der Waals surface area contributed by atoms with Crippen LogP contribution in [0.1, 0.15) is 11.4 Å². The molecule has 1 heterocycles. The first kappa shape index (κ1) is 21.4. The molecule has 31 heavy (non-hydrogen) atoms. The van der Waals surface area contributed by atoms with Crippen LogP contribution < -0.4 is 5.32 Å². The molecule has 0 bridgehead atoms. The van der Waals surface area contributed by atoms with E-state index in [2.05, 4.69) is 15.5 Å². The number of hydrogen-bond acceptors (Lipinski definition) is 4. The molecule has 1 amide bonds. The summed E-state index contributed by atoms with van der Waals surface area (Å²) in [4.78, 5) is 12.4. The molecule has 4 rings (SSSR count). The zero-order valence-corrected chi connectivity index (χ0v) is 18.7. The number of carbonyl (C=O) groups is 1. The van der Waals surface area contributed by atoms with Crippen molar-refractivity contribution in [3.63, 3.8) is 0 Å². The highest BCUT2D eigenvalue weighted by Gasteiger charge is 2.16. The lowest BCUT2D eigenvalue weighted by Crippen LogP contribution is -2.14. The van der Waals surface area contributed by atoms with Gasteiger partial charge in [-0.15, -0.1) is 10.2 Å². The highest BCUT2D eigenvalue weighted by molar-refractivity contribution is 7.99. The van der Waals surface area contributed by atoms with Crippen molar-refractivity contribution in [1.82, 2.24) is 14.8 Å². The summed E-state index contributed by atoms with van der Waals surface area (Å²) >= 11 is 13.4. The van der Waals surface area contributed by atoms with Crippen LogP contribution in [0.25, 0.3) is 5.69 Å². The van der Waals surface area contributed by atoms with Gasteiger partial charge in [-0.3, -0.25) is 9.36 Å². The highest BCUT2D eigenvalue weighted by atomic mass is 35.5. The Balaban J connectivity index is 1.55. The van der Waals surface area contributed by atoms with E-state index in [1.54, 1.807) is 24.3 Å². The Bertz CT molecular complexity index is 1180. The Labute approximate surface area is 194 Å². The van der Waals surface area contributed by atoms with E-state index in [0.717, 1.165) is 17.1 Å². The fourth-order valence-corrected chi connectivity index (χ4v) is 4.12. The standard InChI is InChI=1S/C23H18Cl2N4OS/c24-17-9-11-20(12-10-17)29-21(13-16-5-2-1-3-6-16)27-28-23(29)31-15-22(30)26-19-8-4-7-18(25)14-19/h1-12,14H,13,15H2,(H,26,30). The van der Waals surface area contributed by atoms with Crippen LogP contribution >= 0.6 is 35.0 Å². The van der Waals surface area contributed by atoms with E-state index >= 15 is 0 Å². The lowest BCUT2D eigenvalue weighted by atomic mass is 10.1. The molecular formula is C23H18Cl2N4OS. The van der Waals surface area contributed by atoms with E-state index in [1.165, 1.54) is 11.8 Å². The highest BCUT2D eigenvalue weighted by Crippen LogP contribution is 2.25. The lowest BCUT2D eigenvalue weighted by molar-refractivity contribution is -0.113. The summed E-state index contributed by atoms with van der Waals surface area (Å²) < 4.78 is 1.96. The van der Waals surface area contributed by atoms with Crippen molar-refractivity contribution in [3.8, 4) is 5.69 Å². The largest absolute Gasteiger partial charge is 0.325 e. The summed E-state index contributed by atoms with van der Waals surface area (Å²) in [6, 6.07) is 24.6. The maximum absolute atomic E-state index is 12.4. The van der Waals surface area contributed by atoms with E-state index < -0.39 is 0 Å². The predicted molar refractivity (Wildman–Crippen MR) is 126 cm³/mol. The van der Waals surface area contributed by atoms with Gasteiger partial charge in [-0.2, -0.15) is 0 Å². The van der Waals surface area contributed by atoms with Crippen molar-refractivity contribution in [1.29, 1.82) is 0 Å². The average Bonchev–Trinajstić information content (AvgIpc) is 3.16.